The summed E-state index contributed by atoms with van der Waals surface area (Å²) >= 11 is 1.29. The van der Waals surface area contributed by atoms with Crippen LogP contribution < -0.4 is 10.9 Å². The molecule has 2 amide bonds. The first kappa shape index (κ1) is 21.9. The summed E-state index contributed by atoms with van der Waals surface area (Å²) in [4.78, 5) is 46.4. The molecule has 9 nitrogen and oxygen atoms in total. The third-order valence-electron chi connectivity index (χ3n) is 3.83. The molecule has 0 radical (unpaired) electrons. The summed E-state index contributed by atoms with van der Waals surface area (Å²) in [5.74, 6) is -2.02. The average molecular weight is 417 g/mol. The van der Waals surface area contributed by atoms with Crippen molar-refractivity contribution in [2.75, 3.05) is 12.4 Å². The lowest BCUT2D eigenvalue weighted by Crippen LogP contribution is -2.43. The minimum absolute atomic E-state index is 0.00119. The summed E-state index contributed by atoms with van der Waals surface area (Å²) in [6.07, 6.45) is 0. The minimum atomic E-state index is -0.742. The number of aryl methyl sites for hydroxylation is 2. The first-order valence-corrected chi connectivity index (χ1v) is 9.44. The van der Waals surface area contributed by atoms with Crippen LogP contribution in [0.25, 0.3) is 0 Å². The molecule has 0 unspecified atom stereocenters. The number of hydrogen-bond acceptors (Lipinski definition) is 7. The number of hydrazine groups is 1. The van der Waals surface area contributed by atoms with Crippen LogP contribution >= 0.6 is 11.8 Å². The lowest BCUT2D eigenvalue weighted by Gasteiger charge is -2.08. The number of rotatable bonds is 7. The van der Waals surface area contributed by atoms with Gasteiger partial charge in [-0.15, -0.1) is 11.8 Å². The molecule has 0 saturated heterocycles. The van der Waals surface area contributed by atoms with E-state index in [-0.39, 0.29) is 17.0 Å². The van der Waals surface area contributed by atoms with Gasteiger partial charge in [-0.1, -0.05) is 12.1 Å². The van der Waals surface area contributed by atoms with Crippen molar-refractivity contribution in [3.05, 3.63) is 69.3 Å². The van der Waals surface area contributed by atoms with Gasteiger partial charge in [0, 0.05) is 22.6 Å². The van der Waals surface area contributed by atoms with Gasteiger partial charge in [-0.05, 0) is 43.2 Å². The molecule has 0 aromatic heterocycles. The molecule has 0 saturated carbocycles. The summed E-state index contributed by atoms with van der Waals surface area (Å²) < 4.78 is 4.86. The molecule has 0 atom stereocenters. The van der Waals surface area contributed by atoms with Crippen LogP contribution in [0.15, 0.2) is 47.4 Å². The highest BCUT2D eigenvalue weighted by Gasteiger charge is 2.13. The van der Waals surface area contributed by atoms with Gasteiger partial charge in [-0.3, -0.25) is 35.3 Å². The minimum Gasteiger partial charge on any atom is -0.455 e. The molecule has 0 heterocycles. The van der Waals surface area contributed by atoms with Crippen LogP contribution in [0.4, 0.5) is 5.69 Å². The molecule has 0 spiro atoms. The number of nitro groups is 1. The van der Waals surface area contributed by atoms with E-state index in [1.165, 1.54) is 30.0 Å². The number of carbonyl (C=O) groups is 3. The number of carbonyl (C=O) groups excluding carboxylic acids is 3. The Morgan fingerprint density at radius 1 is 1.07 bits per heavy atom. The molecule has 0 aliphatic carbocycles. The molecule has 2 aromatic carbocycles. The number of amides is 2. The van der Waals surface area contributed by atoms with Crippen LogP contribution in [-0.4, -0.2) is 35.1 Å². The highest BCUT2D eigenvalue weighted by Crippen LogP contribution is 2.21. The average Bonchev–Trinajstić information content (AvgIpc) is 2.71. The predicted molar refractivity (Wildman–Crippen MR) is 106 cm³/mol. The van der Waals surface area contributed by atoms with E-state index in [0.717, 1.165) is 22.1 Å². The van der Waals surface area contributed by atoms with Gasteiger partial charge in [0.05, 0.1) is 10.7 Å². The van der Waals surface area contributed by atoms with E-state index >= 15 is 0 Å². The summed E-state index contributed by atoms with van der Waals surface area (Å²) in [6, 6.07) is 10.8. The van der Waals surface area contributed by atoms with Crippen molar-refractivity contribution < 1.29 is 24.0 Å². The van der Waals surface area contributed by atoms with E-state index < -0.39 is 29.3 Å². The quantitative estimate of drug-likeness (QED) is 0.306. The van der Waals surface area contributed by atoms with Crippen LogP contribution in [0.5, 0.6) is 0 Å². The van der Waals surface area contributed by atoms with Crippen molar-refractivity contribution in [3.63, 3.8) is 0 Å². The van der Waals surface area contributed by atoms with E-state index in [0.29, 0.717) is 0 Å². The molecule has 0 fully saturated rings. The molecular formula is C19H19N3O6S. The monoisotopic (exact) mass is 417 g/mol. The van der Waals surface area contributed by atoms with Gasteiger partial charge in [0.15, 0.2) is 6.61 Å². The van der Waals surface area contributed by atoms with E-state index in [1.807, 2.05) is 32.0 Å². The second-order valence-electron chi connectivity index (χ2n) is 6.01. The fraction of sp³-hybridized carbons (Fsp3) is 0.211. The third-order valence-corrected chi connectivity index (χ3v) is 4.80. The molecule has 0 aliphatic heterocycles. The topological polar surface area (TPSA) is 128 Å². The molecule has 2 aromatic rings. The molecule has 0 bridgehead atoms. The third kappa shape index (κ3) is 6.92. The standard InChI is InChI=1S/C19H19N3O6S/c1-12-6-7-16(8-13(12)2)29-11-18(24)28-10-17(23)20-21-19(25)14-4-3-5-15(9-14)22(26)27/h3-9H,10-11H2,1-2H3,(H,20,23)(H,21,25). The molecule has 2 rings (SSSR count). The molecule has 2 N–H and O–H groups in total. The Morgan fingerprint density at radius 2 is 1.83 bits per heavy atom. The lowest BCUT2D eigenvalue weighted by molar-refractivity contribution is -0.384. The van der Waals surface area contributed by atoms with E-state index in [4.69, 9.17) is 4.74 Å². The molecular weight excluding hydrogens is 398 g/mol. The Bertz CT molecular complexity index is 947. The van der Waals surface area contributed by atoms with Gasteiger partial charge in [-0.25, -0.2) is 0 Å². The first-order chi connectivity index (χ1) is 13.8. The van der Waals surface area contributed by atoms with Crippen LogP contribution in [0.3, 0.4) is 0 Å². The fourth-order valence-electron chi connectivity index (χ4n) is 2.13. The van der Waals surface area contributed by atoms with Gasteiger partial charge in [-0.2, -0.15) is 0 Å². The SMILES string of the molecule is Cc1ccc(SCC(=O)OCC(=O)NNC(=O)c2cccc([N+](=O)[O-])c2)cc1C. The zero-order chi connectivity index (χ0) is 21.4. The maximum absolute atomic E-state index is 11.9. The number of esters is 1. The molecule has 29 heavy (non-hydrogen) atoms. The maximum atomic E-state index is 11.9. The van der Waals surface area contributed by atoms with Gasteiger partial charge < -0.3 is 4.74 Å². The number of nitrogens with zero attached hydrogens (tertiary/aromatic N) is 1. The second-order valence-corrected chi connectivity index (χ2v) is 7.05. The Balaban J connectivity index is 1.72. The summed E-state index contributed by atoms with van der Waals surface area (Å²) in [6.45, 7) is 3.40. The number of nitrogens with one attached hydrogen (secondary N) is 2. The van der Waals surface area contributed by atoms with Gasteiger partial charge in [0.1, 0.15) is 0 Å². The number of benzene rings is 2. The number of non-ortho nitro benzene ring substituents is 1. The van der Waals surface area contributed by atoms with E-state index in [2.05, 4.69) is 10.9 Å². The lowest BCUT2D eigenvalue weighted by atomic mass is 10.1. The van der Waals surface area contributed by atoms with E-state index in [9.17, 15) is 24.5 Å². The summed E-state index contributed by atoms with van der Waals surface area (Å²) in [7, 11) is 0. The van der Waals surface area contributed by atoms with Crippen molar-refractivity contribution in [1.29, 1.82) is 0 Å². The summed E-state index contributed by atoms with van der Waals surface area (Å²) in [5.41, 5.74) is 6.20. The fourth-order valence-corrected chi connectivity index (χ4v) is 2.92. The Morgan fingerprint density at radius 3 is 2.52 bits per heavy atom. The largest absolute Gasteiger partial charge is 0.455 e. The summed E-state index contributed by atoms with van der Waals surface area (Å²) in [5, 5.41) is 10.7. The first-order valence-electron chi connectivity index (χ1n) is 8.45. The number of thioether (sulfide) groups is 1. The van der Waals surface area contributed by atoms with Crippen molar-refractivity contribution in [2.24, 2.45) is 0 Å². The number of hydrogen-bond donors (Lipinski definition) is 2. The van der Waals surface area contributed by atoms with Crippen molar-refractivity contribution >= 4 is 35.2 Å². The highest BCUT2D eigenvalue weighted by atomic mass is 32.2. The van der Waals surface area contributed by atoms with Crippen LogP contribution in [0, 0.1) is 24.0 Å². The Kier molecular flexibility index (Phi) is 7.72. The van der Waals surface area contributed by atoms with Crippen molar-refractivity contribution in [1.82, 2.24) is 10.9 Å². The van der Waals surface area contributed by atoms with Crippen LogP contribution in [0.1, 0.15) is 21.5 Å². The van der Waals surface area contributed by atoms with Gasteiger partial charge in [0.2, 0.25) is 0 Å². The zero-order valence-corrected chi connectivity index (χ0v) is 16.6. The molecule has 10 heteroatoms. The maximum Gasteiger partial charge on any atom is 0.316 e. The highest BCUT2D eigenvalue weighted by molar-refractivity contribution is 8.00. The number of nitro benzene ring substituents is 1. The normalized spacial score (nSPS) is 10.1. The van der Waals surface area contributed by atoms with Crippen molar-refractivity contribution in [2.45, 2.75) is 18.7 Å². The van der Waals surface area contributed by atoms with Crippen LogP contribution in [-0.2, 0) is 14.3 Å². The van der Waals surface area contributed by atoms with E-state index in [1.54, 1.807) is 0 Å². The molecule has 0 aliphatic rings. The molecule has 152 valence electrons. The van der Waals surface area contributed by atoms with Crippen LogP contribution in [0.2, 0.25) is 0 Å². The van der Waals surface area contributed by atoms with Gasteiger partial charge in [0.25, 0.3) is 17.5 Å². The Hall–Kier alpha value is -3.40. The second kappa shape index (κ2) is 10.2. The Labute approximate surface area is 170 Å². The predicted octanol–water partition coefficient (Wildman–Crippen LogP) is 2.31. The smallest absolute Gasteiger partial charge is 0.316 e. The number of ether oxygens (including phenoxy) is 1. The van der Waals surface area contributed by atoms with Gasteiger partial charge >= 0.3 is 5.97 Å². The zero-order valence-electron chi connectivity index (χ0n) is 15.8. The van der Waals surface area contributed by atoms with Crippen molar-refractivity contribution in [3.8, 4) is 0 Å².